The fourth-order valence-corrected chi connectivity index (χ4v) is 13.4. The van der Waals surface area contributed by atoms with Crippen molar-refractivity contribution in [2.75, 3.05) is 42.9 Å². The van der Waals surface area contributed by atoms with Gasteiger partial charge in [-0.1, -0.05) is 24.4 Å². The van der Waals surface area contributed by atoms with Crippen LogP contribution in [0.2, 0.25) is 5.02 Å². The van der Waals surface area contributed by atoms with Crippen LogP contribution in [0.3, 0.4) is 0 Å². The van der Waals surface area contributed by atoms with Gasteiger partial charge in [0.25, 0.3) is 5.56 Å². The van der Waals surface area contributed by atoms with Crippen LogP contribution >= 0.6 is 11.6 Å². The van der Waals surface area contributed by atoms with Crippen LogP contribution < -0.4 is 21.1 Å². The second-order valence-electron chi connectivity index (χ2n) is 18.7. The Hall–Kier alpha value is -4.86. The second kappa shape index (κ2) is 16.0. The molecule has 4 aromatic heterocycles. The Morgan fingerprint density at radius 3 is 2.37 bits per heavy atom. The number of sulfone groups is 1. The van der Waals surface area contributed by atoms with Crippen molar-refractivity contribution in [1.82, 2.24) is 34.3 Å². The Bertz CT molecular complexity index is 2760. The van der Waals surface area contributed by atoms with Crippen LogP contribution in [0.5, 0.6) is 0 Å². The number of nitrogens with one attached hydrogen (secondary N) is 2. The first kappa shape index (κ1) is 41.2. The van der Waals surface area contributed by atoms with Gasteiger partial charge < -0.3 is 19.7 Å². The van der Waals surface area contributed by atoms with Gasteiger partial charge >= 0.3 is 0 Å². The lowest BCUT2D eigenvalue weighted by atomic mass is 9.63. The van der Waals surface area contributed by atoms with Crippen molar-refractivity contribution in [2.45, 2.75) is 113 Å². The molecule has 5 aliphatic rings. The average molecular weight is 881 g/mol. The first-order chi connectivity index (χ1) is 29.8. The van der Waals surface area contributed by atoms with E-state index in [1.807, 2.05) is 30.8 Å². The summed E-state index contributed by atoms with van der Waals surface area (Å²) in [6, 6.07) is 8.68. The van der Waals surface area contributed by atoms with E-state index in [0.717, 1.165) is 112 Å². The summed E-state index contributed by atoms with van der Waals surface area (Å²) < 4.78 is 31.5. The number of rotatable bonds is 9. The van der Waals surface area contributed by atoms with Crippen LogP contribution in [0.15, 0.2) is 58.6 Å². The summed E-state index contributed by atoms with van der Waals surface area (Å²) in [7, 11) is -3.49. The summed E-state index contributed by atoms with van der Waals surface area (Å²) in [5, 5.41) is 7.27. The molecule has 2 saturated carbocycles. The average Bonchev–Trinajstić information content (AvgIpc) is 3.90. The Balaban J connectivity index is 0.714. The molecule has 0 bridgehead atoms. The normalized spacial score (nSPS) is 21.9. The fraction of sp³-hybridized carbons (Fsp3) is 0.522. The highest BCUT2D eigenvalue weighted by Crippen LogP contribution is 2.53. The highest BCUT2D eigenvalue weighted by Gasteiger charge is 2.51. The molecule has 0 radical (unpaired) electrons. The van der Waals surface area contributed by atoms with E-state index in [0.29, 0.717) is 59.2 Å². The number of aromatic nitrogens is 5. The van der Waals surface area contributed by atoms with Gasteiger partial charge in [-0.05, 0) is 138 Å². The molecule has 14 nitrogen and oxygen atoms in total. The Kier molecular flexibility index (Phi) is 10.7. The standard InChI is InChI=1S/C46H54ClN9O5S/c1-28-19-34(7-8-38(28)50-45-49-24-31-20-37(47)44(59)56(41(31)52-45)32-5-3-4-6-32)62(60,61)35-22-46(23-35)13-17-53(18-14-46)27-30-11-15-54(16-12-30)33-21-36-29(2)26-55(42(36)48-25-33)39-9-10-40(57)51-43(39)58/h7-8,19-21,24-26,30,32,35,39H,3-6,9-18,22-23,27H2,1-2H3,(H,49,50,52)(H,51,57,58). The third-order valence-electron chi connectivity index (χ3n) is 14.8. The number of halogens is 1. The number of hydrogen-bond acceptors (Lipinski definition) is 11. The number of carbonyl (C=O) groups excluding carboxylic acids is 2. The third-order valence-corrected chi connectivity index (χ3v) is 17.2. The predicted molar refractivity (Wildman–Crippen MR) is 240 cm³/mol. The van der Waals surface area contributed by atoms with Crippen molar-refractivity contribution < 1.29 is 18.0 Å². The summed E-state index contributed by atoms with van der Waals surface area (Å²) in [5.74, 6) is 0.473. The maximum atomic E-state index is 13.9. The Morgan fingerprint density at radius 1 is 0.887 bits per heavy atom. The van der Waals surface area contributed by atoms with E-state index in [1.165, 1.54) is 0 Å². The monoisotopic (exact) mass is 879 g/mol. The second-order valence-corrected chi connectivity index (χ2v) is 21.4. The highest BCUT2D eigenvalue weighted by atomic mass is 35.5. The molecule has 326 valence electrons. The van der Waals surface area contributed by atoms with E-state index < -0.39 is 15.9 Å². The molecule has 10 rings (SSSR count). The minimum absolute atomic E-state index is 0.0558. The molecular weight excluding hydrogens is 826 g/mol. The number of anilines is 3. The summed E-state index contributed by atoms with van der Waals surface area (Å²) in [6.07, 6.45) is 16.1. The van der Waals surface area contributed by atoms with Crippen LogP contribution in [0.1, 0.15) is 100 Å². The summed E-state index contributed by atoms with van der Waals surface area (Å²) in [4.78, 5) is 56.8. The van der Waals surface area contributed by atoms with Gasteiger partial charge in [-0.2, -0.15) is 4.98 Å². The Labute approximate surface area is 366 Å². The molecule has 1 spiro atoms. The molecule has 5 fully saturated rings. The minimum atomic E-state index is -3.49. The molecule has 1 atom stereocenters. The van der Waals surface area contributed by atoms with Gasteiger partial charge in [0.1, 0.15) is 22.4 Å². The van der Waals surface area contributed by atoms with Crippen molar-refractivity contribution in [1.29, 1.82) is 0 Å². The van der Waals surface area contributed by atoms with E-state index in [2.05, 4.69) is 31.5 Å². The number of benzene rings is 1. The Morgan fingerprint density at radius 2 is 1.65 bits per heavy atom. The number of carbonyl (C=O) groups is 2. The lowest BCUT2D eigenvalue weighted by Crippen LogP contribution is -2.52. The van der Waals surface area contributed by atoms with Gasteiger partial charge in [0.2, 0.25) is 17.8 Å². The quantitative estimate of drug-likeness (QED) is 0.144. The SMILES string of the molecule is Cc1cc(S(=O)(=O)C2CC3(CCN(CC4CCN(c5cnc6c(c5)c(C)cn6C5CCC(=O)NC5=O)CC4)CC3)C2)ccc1Nc1ncc2cc(Cl)c(=O)n(C3CCCC3)c2n1. The van der Waals surface area contributed by atoms with E-state index >= 15 is 0 Å². The largest absolute Gasteiger partial charge is 0.370 e. The topological polar surface area (TPSA) is 164 Å². The lowest BCUT2D eigenvalue weighted by molar-refractivity contribution is -0.135. The van der Waals surface area contributed by atoms with Crippen LogP contribution in [0.4, 0.5) is 17.3 Å². The zero-order chi connectivity index (χ0) is 42.9. The molecule has 3 saturated heterocycles. The molecule has 1 aromatic carbocycles. The highest BCUT2D eigenvalue weighted by molar-refractivity contribution is 7.92. The molecule has 2 aliphatic carbocycles. The molecular formula is C46H54ClN9O5S. The number of fused-ring (bicyclic) bond motifs is 2. The van der Waals surface area contributed by atoms with Crippen molar-refractivity contribution in [3.8, 4) is 0 Å². The van der Waals surface area contributed by atoms with E-state index in [4.69, 9.17) is 21.6 Å². The number of amides is 2. The van der Waals surface area contributed by atoms with Gasteiger partial charge in [0.15, 0.2) is 9.84 Å². The van der Waals surface area contributed by atoms with E-state index in [1.54, 1.807) is 35.0 Å². The van der Waals surface area contributed by atoms with Crippen LogP contribution in [0.25, 0.3) is 22.1 Å². The maximum absolute atomic E-state index is 13.9. The van der Waals surface area contributed by atoms with Crippen molar-refractivity contribution in [3.05, 3.63) is 75.4 Å². The van der Waals surface area contributed by atoms with Crippen LogP contribution in [-0.2, 0) is 19.4 Å². The van der Waals surface area contributed by atoms with Gasteiger partial charge in [-0.15, -0.1) is 0 Å². The molecule has 2 amide bonds. The number of likely N-dealkylation sites (tertiary alicyclic amines) is 1. The fourth-order valence-electron chi connectivity index (χ4n) is 11.0. The molecule has 7 heterocycles. The van der Waals surface area contributed by atoms with Gasteiger partial charge in [0.05, 0.1) is 22.0 Å². The first-order valence-electron chi connectivity index (χ1n) is 22.3. The van der Waals surface area contributed by atoms with Crippen LogP contribution in [-0.4, -0.2) is 87.2 Å². The molecule has 1 unspecified atom stereocenters. The van der Waals surface area contributed by atoms with Crippen molar-refractivity contribution in [3.63, 3.8) is 0 Å². The molecule has 3 aliphatic heterocycles. The number of aryl methyl sites for hydroxylation is 2. The molecule has 16 heteroatoms. The summed E-state index contributed by atoms with van der Waals surface area (Å²) in [5.41, 5.74) is 4.86. The maximum Gasteiger partial charge on any atom is 0.271 e. The van der Waals surface area contributed by atoms with E-state index in [-0.39, 0.29) is 39.1 Å². The molecule has 2 N–H and O–H groups in total. The van der Waals surface area contributed by atoms with Gasteiger partial charge in [-0.25, -0.2) is 18.4 Å². The third kappa shape index (κ3) is 7.57. The van der Waals surface area contributed by atoms with Gasteiger partial charge in [0, 0.05) is 61.0 Å². The number of pyridine rings is 2. The van der Waals surface area contributed by atoms with Gasteiger partial charge in [-0.3, -0.25) is 24.3 Å². The number of imide groups is 1. The lowest BCUT2D eigenvalue weighted by Gasteiger charge is -2.52. The molecule has 62 heavy (non-hydrogen) atoms. The van der Waals surface area contributed by atoms with Crippen molar-refractivity contribution >= 4 is 72.6 Å². The number of piperidine rings is 3. The minimum Gasteiger partial charge on any atom is -0.370 e. The zero-order valence-corrected chi connectivity index (χ0v) is 37.0. The predicted octanol–water partition coefficient (Wildman–Crippen LogP) is 7.18. The number of hydrogen-bond donors (Lipinski definition) is 2. The molecule has 5 aromatic rings. The first-order valence-corrected chi connectivity index (χ1v) is 24.2. The van der Waals surface area contributed by atoms with Crippen LogP contribution in [0, 0.1) is 25.2 Å². The summed E-state index contributed by atoms with van der Waals surface area (Å²) >= 11 is 6.31. The smallest absolute Gasteiger partial charge is 0.271 e. The zero-order valence-electron chi connectivity index (χ0n) is 35.4. The number of nitrogens with zero attached hydrogens (tertiary/aromatic N) is 7. The van der Waals surface area contributed by atoms with E-state index in [9.17, 15) is 22.8 Å². The van der Waals surface area contributed by atoms with Crippen molar-refractivity contribution in [2.24, 2.45) is 11.3 Å². The summed E-state index contributed by atoms with van der Waals surface area (Å²) in [6.45, 7) is 8.97.